The van der Waals surface area contributed by atoms with Crippen LogP contribution in [0, 0.1) is 0 Å². The van der Waals surface area contributed by atoms with Crippen LogP contribution in [0.5, 0.6) is 0 Å². The molecular formula is C12H24N2O2. The maximum atomic E-state index is 11.2. The van der Waals surface area contributed by atoms with Crippen molar-refractivity contribution in [3.63, 3.8) is 0 Å². The summed E-state index contributed by atoms with van der Waals surface area (Å²) in [7, 11) is 0. The van der Waals surface area contributed by atoms with Gasteiger partial charge in [0.2, 0.25) is 5.91 Å². The van der Waals surface area contributed by atoms with Gasteiger partial charge in [-0.2, -0.15) is 0 Å². The van der Waals surface area contributed by atoms with Gasteiger partial charge in [0.1, 0.15) is 0 Å². The van der Waals surface area contributed by atoms with Crippen molar-refractivity contribution >= 4 is 5.91 Å². The van der Waals surface area contributed by atoms with Crippen molar-refractivity contribution in [3.05, 3.63) is 12.2 Å². The zero-order valence-corrected chi connectivity index (χ0v) is 10.6. The average molecular weight is 228 g/mol. The molecule has 0 heterocycles. The van der Waals surface area contributed by atoms with E-state index in [1.807, 2.05) is 0 Å². The van der Waals surface area contributed by atoms with E-state index < -0.39 is 0 Å². The Kier molecular flexibility index (Phi) is 7.01. The summed E-state index contributed by atoms with van der Waals surface area (Å²) in [6, 6.07) is 0. The molecule has 0 spiro atoms. The third-order valence-corrected chi connectivity index (χ3v) is 2.36. The van der Waals surface area contributed by atoms with E-state index in [9.17, 15) is 4.79 Å². The fourth-order valence-electron chi connectivity index (χ4n) is 1.23. The Morgan fingerprint density at radius 2 is 2.00 bits per heavy atom. The zero-order valence-electron chi connectivity index (χ0n) is 10.6. The first-order valence-corrected chi connectivity index (χ1v) is 5.68. The topological polar surface area (TPSA) is 61.4 Å². The van der Waals surface area contributed by atoms with E-state index >= 15 is 0 Å². The van der Waals surface area contributed by atoms with Crippen LogP contribution in [-0.2, 0) is 4.79 Å². The summed E-state index contributed by atoms with van der Waals surface area (Å²) >= 11 is 0. The van der Waals surface area contributed by atoms with Gasteiger partial charge >= 0.3 is 0 Å². The highest BCUT2D eigenvalue weighted by Gasteiger charge is 2.16. The lowest BCUT2D eigenvalue weighted by Crippen LogP contribution is -2.43. The molecule has 0 aromatic heterocycles. The molecule has 4 nitrogen and oxygen atoms in total. The quantitative estimate of drug-likeness (QED) is 0.426. The minimum Gasteiger partial charge on any atom is -0.396 e. The van der Waals surface area contributed by atoms with Crippen molar-refractivity contribution in [2.24, 2.45) is 0 Å². The van der Waals surface area contributed by atoms with E-state index in [4.69, 9.17) is 5.11 Å². The summed E-state index contributed by atoms with van der Waals surface area (Å²) in [6.07, 6.45) is 1.60. The molecule has 4 heteroatoms. The number of carbonyl (C=O) groups excluding carboxylic acids is 1. The summed E-state index contributed by atoms with van der Waals surface area (Å²) < 4.78 is 0. The second kappa shape index (κ2) is 7.41. The maximum absolute atomic E-state index is 11.2. The number of hydrogen-bond donors (Lipinski definition) is 3. The fourth-order valence-corrected chi connectivity index (χ4v) is 1.23. The van der Waals surface area contributed by atoms with Gasteiger partial charge < -0.3 is 15.7 Å². The van der Waals surface area contributed by atoms with Crippen molar-refractivity contribution in [1.82, 2.24) is 10.6 Å². The Labute approximate surface area is 98.1 Å². The lowest BCUT2D eigenvalue weighted by Gasteiger charge is -2.26. The normalized spacial score (nSPS) is 11.2. The van der Waals surface area contributed by atoms with Crippen LogP contribution < -0.4 is 10.6 Å². The molecule has 0 saturated heterocycles. The third-order valence-electron chi connectivity index (χ3n) is 2.36. The number of amides is 1. The number of aliphatic hydroxyl groups is 1. The van der Waals surface area contributed by atoms with Crippen molar-refractivity contribution < 1.29 is 9.90 Å². The molecule has 0 atom stereocenters. The molecule has 0 saturated carbocycles. The molecular weight excluding hydrogens is 204 g/mol. The van der Waals surface area contributed by atoms with E-state index in [2.05, 4.69) is 31.1 Å². The van der Waals surface area contributed by atoms with E-state index in [1.54, 1.807) is 6.92 Å². The summed E-state index contributed by atoms with van der Waals surface area (Å²) in [5.41, 5.74) is 0.503. The highest BCUT2D eigenvalue weighted by molar-refractivity contribution is 5.91. The standard InChI is InChI=1S/C12H24N2O2/c1-10(2)11(16)13-8-6-12(3,4)14-7-5-9-15/h14-15H,1,5-9H2,2-4H3,(H,13,16). The van der Waals surface area contributed by atoms with Crippen molar-refractivity contribution in [2.45, 2.75) is 39.2 Å². The van der Waals surface area contributed by atoms with Crippen LogP contribution in [0.15, 0.2) is 12.2 Å². The predicted octanol–water partition coefficient (Wildman–Crippen LogP) is 0.819. The predicted molar refractivity (Wildman–Crippen MR) is 66.2 cm³/mol. The van der Waals surface area contributed by atoms with Gasteiger partial charge in [-0.15, -0.1) is 0 Å². The molecule has 0 fully saturated rings. The number of hydrogen-bond acceptors (Lipinski definition) is 3. The largest absolute Gasteiger partial charge is 0.396 e. The number of nitrogens with one attached hydrogen (secondary N) is 2. The van der Waals surface area contributed by atoms with Crippen LogP contribution in [-0.4, -0.2) is 36.2 Å². The van der Waals surface area contributed by atoms with Gasteiger partial charge in [-0.3, -0.25) is 4.79 Å². The fraction of sp³-hybridized carbons (Fsp3) is 0.750. The molecule has 0 radical (unpaired) electrons. The molecule has 3 N–H and O–H groups in total. The second-order valence-corrected chi connectivity index (χ2v) is 4.67. The Hall–Kier alpha value is -0.870. The molecule has 94 valence electrons. The molecule has 0 aliphatic heterocycles. The molecule has 0 rings (SSSR count). The molecule has 1 amide bonds. The average Bonchev–Trinajstić information content (AvgIpc) is 2.17. The highest BCUT2D eigenvalue weighted by atomic mass is 16.3. The summed E-state index contributed by atoms with van der Waals surface area (Å²) in [5.74, 6) is -0.0915. The van der Waals surface area contributed by atoms with Crippen LogP contribution in [0.1, 0.15) is 33.6 Å². The van der Waals surface area contributed by atoms with Gasteiger partial charge in [0.15, 0.2) is 0 Å². The number of carbonyl (C=O) groups is 1. The van der Waals surface area contributed by atoms with E-state index in [1.165, 1.54) is 0 Å². The first-order chi connectivity index (χ1) is 7.39. The molecule has 0 bridgehead atoms. The number of aliphatic hydroxyl groups excluding tert-OH is 1. The Balaban J connectivity index is 3.73. The van der Waals surface area contributed by atoms with Crippen molar-refractivity contribution in [2.75, 3.05) is 19.7 Å². The van der Waals surface area contributed by atoms with Gasteiger partial charge in [-0.25, -0.2) is 0 Å². The number of rotatable bonds is 8. The SMILES string of the molecule is C=C(C)C(=O)NCCC(C)(C)NCCCO. The van der Waals surface area contributed by atoms with Gasteiger partial charge in [0.05, 0.1) is 0 Å². The van der Waals surface area contributed by atoms with Crippen molar-refractivity contribution in [3.8, 4) is 0 Å². The maximum Gasteiger partial charge on any atom is 0.246 e. The van der Waals surface area contributed by atoms with Gasteiger partial charge in [0, 0.05) is 24.3 Å². The zero-order chi connectivity index (χ0) is 12.6. The third kappa shape index (κ3) is 7.43. The van der Waals surface area contributed by atoms with Crippen LogP contribution in [0.25, 0.3) is 0 Å². The Bertz CT molecular complexity index is 237. The van der Waals surface area contributed by atoms with Crippen LogP contribution in [0.2, 0.25) is 0 Å². The van der Waals surface area contributed by atoms with Crippen LogP contribution in [0.4, 0.5) is 0 Å². The Morgan fingerprint density at radius 3 is 2.50 bits per heavy atom. The van der Waals surface area contributed by atoms with Gasteiger partial charge in [-0.05, 0) is 40.2 Å². The van der Waals surface area contributed by atoms with Crippen LogP contribution in [0.3, 0.4) is 0 Å². The summed E-state index contributed by atoms with van der Waals surface area (Å²) in [4.78, 5) is 11.2. The smallest absolute Gasteiger partial charge is 0.246 e. The molecule has 16 heavy (non-hydrogen) atoms. The van der Waals surface area contributed by atoms with Gasteiger partial charge in [-0.1, -0.05) is 6.58 Å². The minimum absolute atomic E-state index is 0.0302. The molecule has 0 aliphatic carbocycles. The molecule has 0 aromatic rings. The van der Waals surface area contributed by atoms with Crippen molar-refractivity contribution in [1.29, 1.82) is 0 Å². The van der Waals surface area contributed by atoms with E-state index in [0.29, 0.717) is 12.1 Å². The molecule has 0 aliphatic rings. The second-order valence-electron chi connectivity index (χ2n) is 4.67. The minimum atomic E-state index is -0.0915. The first kappa shape index (κ1) is 15.1. The first-order valence-electron chi connectivity index (χ1n) is 5.68. The summed E-state index contributed by atoms with van der Waals surface area (Å²) in [5, 5.41) is 14.8. The molecule has 0 aromatic carbocycles. The van der Waals surface area contributed by atoms with E-state index in [-0.39, 0.29) is 18.1 Å². The Morgan fingerprint density at radius 1 is 1.38 bits per heavy atom. The monoisotopic (exact) mass is 228 g/mol. The lowest BCUT2D eigenvalue weighted by molar-refractivity contribution is -0.117. The van der Waals surface area contributed by atoms with Gasteiger partial charge in [0.25, 0.3) is 0 Å². The highest BCUT2D eigenvalue weighted by Crippen LogP contribution is 2.06. The molecule has 0 unspecified atom stereocenters. The lowest BCUT2D eigenvalue weighted by atomic mass is 10.0. The van der Waals surface area contributed by atoms with E-state index in [0.717, 1.165) is 19.4 Å². The summed E-state index contributed by atoms with van der Waals surface area (Å²) in [6.45, 7) is 11.1. The van der Waals surface area contributed by atoms with Crippen LogP contribution >= 0.6 is 0 Å².